The Morgan fingerprint density at radius 3 is 0.857 bits per heavy atom. The van der Waals surface area contributed by atoms with Crippen molar-refractivity contribution >= 4 is 23.1 Å². The Labute approximate surface area is 189 Å². The molecule has 0 aliphatic carbocycles. The summed E-state index contributed by atoms with van der Waals surface area (Å²) in [6.45, 7) is -2.50. The highest BCUT2D eigenvalue weighted by Crippen LogP contribution is 2.27. The summed E-state index contributed by atoms with van der Waals surface area (Å²) >= 11 is 0. The molecule has 0 heterocycles. The molecule has 0 aromatic heterocycles. The number of halogens is 12. The lowest BCUT2D eigenvalue weighted by Gasteiger charge is -2.22. The first-order chi connectivity index (χ1) is 16.2. The van der Waals surface area contributed by atoms with Gasteiger partial charge >= 0.3 is 0 Å². The number of methoxy groups -OCH3 is 1. The van der Waals surface area contributed by atoms with Crippen molar-refractivity contribution in [3.05, 3.63) is 80.9 Å². The minimum Gasteiger partial charge on any atom is -0.491 e. The molecule has 3 rings (SSSR count). The van der Waals surface area contributed by atoms with Gasteiger partial charge in [0.2, 0.25) is 11.6 Å². The highest BCUT2D eigenvalue weighted by atomic mass is 19.2. The summed E-state index contributed by atoms with van der Waals surface area (Å²) in [5.74, 6) is -30.7. The Morgan fingerprint density at radius 2 is 0.629 bits per heavy atom. The first-order valence-corrected chi connectivity index (χ1v) is 9.25. The van der Waals surface area contributed by atoms with E-state index in [1.807, 2.05) is 0 Å². The molecule has 35 heavy (non-hydrogen) atoms. The Hall–Kier alpha value is -3.32. The van der Waals surface area contributed by atoms with Crippen LogP contribution in [-0.4, -0.2) is 13.8 Å². The van der Waals surface area contributed by atoms with Gasteiger partial charge in [-0.05, 0) is 13.8 Å². The maximum atomic E-state index is 14.9. The molecule has 0 amide bonds. The van der Waals surface area contributed by atoms with Crippen molar-refractivity contribution in [2.75, 3.05) is 7.11 Å². The van der Waals surface area contributed by atoms with Crippen LogP contribution in [0.25, 0.3) is 0 Å². The fourth-order valence-corrected chi connectivity index (χ4v) is 3.52. The van der Waals surface area contributed by atoms with Crippen molar-refractivity contribution in [1.29, 1.82) is 0 Å². The number of hydrogen-bond acceptors (Lipinski definition) is 1. The molecule has 0 fully saturated rings. The number of rotatable bonds is 4. The fraction of sp³-hybridized carbons (Fsp3) is 0.143. The molecule has 0 saturated heterocycles. The molecule has 3 aromatic carbocycles. The number of ether oxygens (including phenoxy) is 1. The summed E-state index contributed by atoms with van der Waals surface area (Å²) in [4.78, 5) is 0. The number of benzene rings is 3. The quantitative estimate of drug-likeness (QED) is 0.282. The van der Waals surface area contributed by atoms with E-state index >= 15 is 0 Å². The smallest absolute Gasteiger partial charge is 0.265 e. The highest BCUT2D eigenvalue weighted by molar-refractivity contribution is 6.95. The van der Waals surface area contributed by atoms with Gasteiger partial charge in [0.05, 0.1) is 7.11 Å². The van der Waals surface area contributed by atoms with E-state index in [1.165, 1.54) is 0 Å². The summed E-state index contributed by atoms with van der Waals surface area (Å²) in [6.07, 6.45) is 0. The van der Waals surface area contributed by atoms with Gasteiger partial charge in [-0.25, -0.2) is 43.9 Å². The van der Waals surface area contributed by atoms with Gasteiger partial charge in [0.25, 0.3) is 6.71 Å². The van der Waals surface area contributed by atoms with Crippen LogP contribution in [0.1, 0.15) is 11.1 Å². The van der Waals surface area contributed by atoms with Crippen LogP contribution < -0.4 is 21.1 Å². The molecule has 0 saturated carbocycles. The first-order valence-electron chi connectivity index (χ1n) is 9.25. The molecule has 0 atom stereocenters. The van der Waals surface area contributed by atoms with Crippen LogP contribution in [-0.2, 0) is 0 Å². The molecule has 0 radical (unpaired) electrons. The van der Waals surface area contributed by atoms with Crippen LogP contribution in [0.5, 0.6) is 5.75 Å². The fourth-order valence-electron chi connectivity index (χ4n) is 3.52. The zero-order valence-corrected chi connectivity index (χ0v) is 17.5. The van der Waals surface area contributed by atoms with Crippen LogP contribution in [0, 0.1) is 83.7 Å². The van der Waals surface area contributed by atoms with Crippen LogP contribution in [0.4, 0.5) is 52.7 Å². The van der Waals surface area contributed by atoms with Gasteiger partial charge in [-0.2, -0.15) is 8.78 Å². The van der Waals surface area contributed by atoms with Gasteiger partial charge in [0.15, 0.2) is 63.9 Å². The predicted molar refractivity (Wildman–Crippen MR) is 99.5 cm³/mol. The van der Waals surface area contributed by atoms with E-state index in [0.29, 0.717) is 21.0 Å². The van der Waals surface area contributed by atoms with E-state index in [1.54, 1.807) is 0 Å². The molecular formula is C21H9BF12O. The molecule has 186 valence electrons. The van der Waals surface area contributed by atoms with Gasteiger partial charge in [0, 0.05) is 27.5 Å². The lowest BCUT2D eigenvalue weighted by molar-refractivity contribution is 0.335. The third-order valence-electron chi connectivity index (χ3n) is 5.36. The Bertz CT molecular complexity index is 1230. The predicted octanol–water partition coefficient (Wildman–Crippen LogP) is 4.50. The van der Waals surface area contributed by atoms with E-state index in [2.05, 4.69) is 4.74 Å². The molecule has 3 aromatic rings. The lowest BCUT2D eigenvalue weighted by Crippen LogP contribution is -2.60. The van der Waals surface area contributed by atoms with Crippen molar-refractivity contribution in [2.45, 2.75) is 13.8 Å². The minimum atomic E-state index is -3.51. The Morgan fingerprint density at radius 1 is 0.400 bits per heavy atom. The molecule has 0 unspecified atom stereocenters. The second-order valence-corrected chi connectivity index (χ2v) is 7.23. The molecule has 0 bridgehead atoms. The lowest BCUT2D eigenvalue weighted by atomic mass is 9.35. The topological polar surface area (TPSA) is 9.23 Å². The van der Waals surface area contributed by atoms with Crippen LogP contribution >= 0.6 is 0 Å². The van der Waals surface area contributed by atoms with E-state index in [4.69, 9.17) is 0 Å². The Kier molecular flexibility index (Phi) is 6.79. The van der Waals surface area contributed by atoms with Crippen molar-refractivity contribution < 1.29 is 57.4 Å². The molecule has 14 heteroatoms. The highest BCUT2D eigenvalue weighted by Gasteiger charge is 2.44. The molecule has 1 nitrogen and oxygen atoms in total. The number of hydrogen-bond donors (Lipinski definition) is 0. The second-order valence-electron chi connectivity index (χ2n) is 7.23. The average molecular weight is 516 g/mol. The van der Waals surface area contributed by atoms with Gasteiger partial charge in [-0.15, -0.1) is 0 Å². The monoisotopic (exact) mass is 516 g/mol. The van der Waals surface area contributed by atoms with E-state index < -0.39 is 110 Å². The summed E-state index contributed by atoms with van der Waals surface area (Å²) in [5.41, 5.74) is -9.39. The van der Waals surface area contributed by atoms with Crippen LogP contribution in [0.3, 0.4) is 0 Å². The third kappa shape index (κ3) is 3.69. The maximum Gasteiger partial charge on any atom is 0.265 e. The maximum absolute atomic E-state index is 14.9. The minimum absolute atomic E-state index is 0.510. The third-order valence-corrected chi connectivity index (χ3v) is 5.36. The molecule has 0 spiro atoms. The largest absolute Gasteiger partial charge is 0.491 e. The first kappa shape index (κ1) is 26.3. The van der Waals surface area contributed by atoms with Gasteiger partial charge < -0.3 is 4.74 Å². The molecule has 0 aliphatic heterocycles. The van der Waals surface area contributed by atoms with Gasteiger partial charge in [-0.3, -0.25) is 0 Å². The van der Waals surface area contributed by atoms with Gasteiger partial charge in [-0.1, -0.05) is 0 Å². The summed E-state index contributed by atoms with van der Waals surface area (Å²) in [5, 5.41) is 0. The SMILES string of the molecule is COc1c(F)c(F)c(B(c2c(F)c(F)c(C)c(F)c2F)c2c(F)c(F)c(C)c(F)c2F)c(F)c1F. The van der Waals surface area contributed by atoms with E-state index in [-0.39, 0.29) is 0 Å². The zero-order valence-electron chi connectivity index (χ0n) is 17.5. The standard InChI is InChI=1S/C21H9BF12O/c1-4-9(23)13(27)6(14(28)10(4)24)22(7-15(29)11(25)5(2)12(26)16(7)30)8-17(31)19(33)21(35-3)20(34)18(8)32/h1-3H3. The zero-order chi connectivity index (χ0) is 26.7. The summed E-state index contributed by atoms with van der Waals surface area (Å²) in [7, 11) is 0.547. The van der Waals surface area contributed by atoms with Crippen molar-refractivity contribution in [3.63, 3.8) is 0 Å². The van der Waals surface area contributed by atoms with Crippen LogP contribution in [0.2, 0.25) is 0 Å². The Balaban J connectivity index is 2.68. The average Bonchev–Trinajstić information content (AvgIpc) is 2.83. The molecular weight excluding hydrogens is 507 g/mol. The van der Waals surface area contributed by atoms with Crippen molar-refractivity contribution in [2.24, 2.45) is 0 Å². The normalized spacial score (nSPS) is 11.3. The molecule has 0 aliphatic rings. The molecule has 0 N–H and O–H groups in total. The summed E-state index contributed by atoms with van der Waals surface area (Å²) < 4.78 is 179. The summed E-state index contributed by atoms with van der Waals surface area (Å²) in [6, 6.07) is 0. The van der Waals surface area contributed by atoms with Gasteiger partial charge in [0.1, 0.15) is 0 Å². The van der Waals surface area contributed by atoms with E-state index in [0.717, 1.165) is 0 Å². The van der Waals surface area contributed by atoms with Crippen molar-refractivity contribution in [3.8, 4) is 5.75 Å². The van der Waals surface area contributed by atoms with Crippen LogP contribution in [0.15, 0.2) is 0 Å². The van der Waals surface area contributed by atoms with E-state index in [9.17, 15) is 52.7 Å². The second kappa shape index (κ2) is 9.04. The van der Waals surface area contributed by atoms with Crippen molar-refractivity contribution in [1.82, 2.24) is 0 Å².